The van der Waals surface area contributed by atoms with Crippen molar-refractivity contribution in [2.24, 2.45) is 0 Å². The van der Waals surface area contributed by atoms with Crippen LogP contribution < -0.4 is 5.32 Å². The Morgan fingerprint density at radius 2 is 1.84 bits per heavy atom. The lowest BCUT2D eigenvalue weighted by atomic mass is 10.1. The number of piperidine rings is 1. The van der Waals surface area contributed by atoms with Crippen molar-refractivity contribution in [1.82, 2.24) is 19.3 Å². The molecule has 1 amide bonds. The van der Waals surface area contributed by atoms with Gasteiger partial charge in [-0.1, -0.05) is 23.8 Å². The summed E-state index contributed by atoms with van der Waals surface area (Å²) in [6.07, 6.45) is 3.08. The van der Waals surface area contributed by atoms with Crippen molar-refractivity contribution < 1.29 is 13.2 Å². The molecule has 2 heterocycles. The molecule has 9 heteroatoms. The van der Waals surface area contributed by atoms with Crippen LogP contribution in [0, 0.1) is 13.8 Å². The van der Waals surface area contributed by atoms with Crippen LogP contribution in [-0.2, 0) is 21.4 Å². The molecule has 0 radical (unpaired) electrons. The fourth-order valence-corrected chi connectivity index (χ4v) is 5.36. The predicted octanol–water partition coefficient (Wildman–Crippen LogP) is 3.25. The molecule has 0 unspecified atom stereocenters. The van der Waals surface area contributed by atoms with Crippen molar-refractivity contribution in [3.63, 3.8) is 0 Å². The third kappa shape index (κ3) is 4.62. The summed E-state index contributed by atoms with van der Waals surface area (Å²) in [5.74, 6) is -0.110. The van der Waals surface area contributed by atoms with E-state index >= 15 is 0 Å². The first-order valence-corrected chi connectivity index (χ1v) is 12.0. The van der Waals surface area contributed by atoms with E-state index in [1.54, 1.807) is 27.2 Å². The molecule has 0 spiro atoms. The number of nitrogens with zero attached hydrogens (tertiary/aromatic N) is 4. The topological polar surface area (TPSA) is 97.2 Å². The highest BCUT2D eigenvalue weighted by Gasteiger charge is 2.26. The lowest BCUT2D eigenvalue weighted by molar-refractivity contribution is -0.116. The molecular weight excluding hydrogens is 414 g/mol. The SMILES string of the molecule is Cc1ccc(C)c(NC(=O)CCn2nnc3cc(S(=O)(=O)N4CCCCC4)ccc32)c1. The molecule has 8 nitrogen and oxygen atoms in total. The van der Waals surface area contributed by atoms with Crippen LogP contribution in [0.3, 0.4) is 0 Å². The maximum absolute atomic E-state index is 12.9. The molecule has 1 saturated heterocycles. The van der Waals surface area contributed by atoms with Gasteiger partial charge in [-0.3, -0.25) is 4.79 Å². The number of rotatable bonds is 6. The monoisotopic (exact) mass is 441 g/mol. The number of hydrogen-bond donors (Lipinski definition) is 1. The van der Waals surface area contributed by atoms with Crippen LogP contribution >= 0.6 is 0 Å². The summed E-state index contributed by atoms with van der Waals surface area (Å²) in [5, 5.41) is 11.2. The Hall–Kier alpha value is -2.78. The first-order chi connectivity index (χ1) is 14.8. The number of carbonyl (C=O) groups excluding carboxylic acids is 1. The van der Waals surface area contributed by atoms with Crippen LogP contribution in [-0.4, -0.2) is 46.7 Å². The summed E-state index contributed by atoms with van der Waals surface area (Å²) >= 11 is 0. The molecule has 0 bridgehead atoms. The molecule has 1 fully saturated rings. The van der Waals surface area contributed by atoms with Crippen LogP contribution in [0.25, 0.3) is 11.0 Å². The zero-order chi connectivity index (χ0) is 22.0. The van der Waals surface area contributed by atoms with Crippen molar-refractivity contribution in [2.75, 3.05) is 18.4 Å². The third-order valence-corrected chi connectivity index (χ3v) is 7.55. The molecule has 1 aliphatic heterocycles. The van der Waals surface area contributed by atoms with Gasteiger partial charge in [0.1, 0.15) is 5.52 Å². The average molecular weight is 442 g/mol. The minimum Gasteiger partial charge on any atom is -0.326 e. The smallest absolute Gasteiger partial charge is 0.243 e. The lowest BCUT2D eigenvalue weighted by Crippen LogP contribution is -2.35. The zero-order valence-corrected chi connectivity index (χ0v) is 18.7. The maximum Gasteiger partial charge on any atom is 0.243 e. The van der Waals surface area contributed by atoms with E-state index in [1.807, 2.05) is 32.0 Å². The van der Waals surface area contributed by atoms with E-state index in [4.69, 9.17) is 0 Å². The number of aromatic nitrogens is 3. The zero-order valence-electron chi connectivity index (χ0n) is 17.8. The highest BCUT2D eigenvalue weighted by atomic mass is 32.2. The second kappa shape index (κ2) is 8.76. The molecular formula is C22H27N5O3S. The average Bonchev–Trinajstić information content (AvgIpc) is 3.18. The van der Waals surface area contributed by atoms with Crippen LogP contribution in [0.4, 0.5) is 5.69 Å². The highest BCUT2D eigenvalue weighted by Crippen LogP contribution is 2.23. The fraction of sp³-hybridized carbons (Fsp3) is 0.409. The number of carbonyl (C=O) groups is 1. The van der Waals surface area contributed by atoms with E-state index in [1.165, 1.54) is 0 Å². The van der Waals surface area contributed by atoms with Gasteiger partial charge in [0.25, 0.3) is 0 Å². The van der Waals surface area contributed by atoms with Crippen molar-refractivity contribution in [1.29, 1.82) is 0 Å². The lowest BCUT2D eigenvalue weighted by Gasteiger charge is -2.25. The van der Waals surface area contributed by atoms with E-state index in [0.29, 0.717) is 30.7 Å². The minimum absolute atomic E-state index is 0.110. The Morgan fingerprint density at radius 3 is 2.61 bits per heavy atom. The van der Waals surface area contributed by atoms with Crippen molar-refractivity contribution >= 4 is 32.7 Å². The van der Waals surface area contributed by atoms with Crippen LogP contribution in [0.15, 0.2) is 41.3 Å². The van der Waals surface area contributed by atoms with Gasteiger partial charge in [0.05, 0.1) is 17.0 Å². The molecule has 164 valence electrons. The summed E-state index contributed by atoms with van der Waals surface area (Å²) in [6.45, 7) is 5.41. The van der Waals surface area contributed by atoms with Crippen LogP contribution in [0.1, 0.15) is 36.8 Å². The number of benzene rings is 2. The van der Waals surface area contributed by atoms with Gasteiger partial charge in [-0.05, 0) is 62.1 Å². The molecule has 1 aliphatic rings. The second-order valence-electron chi connectivity index (χ2n) is 8.04. The molecule has 0 atom stereocenters. The van der Waals surface area contributed by atoms with E-state index in [2.05, 4.69) is 15.6 Å². The minimum atomic E-state index is -3.52. The molecule has 4 rings (SSSR count). The number of fused-ring (bicyclic) bond motifs is 1. The summed E-state index contributed by atoms with van der Waals surface area (Å²) in [6, 6.07) is 10.8. The van der Waals surface area contributed by atoms with Crippen molar-refractivity contribution in [3.8, 4) is 0 Å². The van der Waals surface area contributed by atoms with Gasteiger partial charge in [-0.15, -0.1) is 5.10 Å². The Bertz CT molecular complexity index is 1210. The number of nitrogens with one attached hydrogen (secondary N) is 1. The quantitative estimate of drug-likeness (QED) is 0.633. The Morgan fingerprint density at radius 1 is 1.06 bits per heavy atom. The third-order valence-electron chi connectivity index (χ3n) is 5.66. The highest BCUT2D eigenvalue weighted by molar-refractivity contribution is 7.89. The standard InChI is InChI=1S/C22H27N5O3S/c1-16-6-7-17(2)19(14-16)23-22(28)10-13-27-21-9-8-18(15-20(21)24-25-27)31(29,30)26-11-4-3-5-12-26/h6-9,14-15H,3-5,10-13H2,1-2H3,(H,23,28). The number of amides is 1. The van der Waals surface area contributed by atoms with Gasteiger partial charge >= 0.3 is 0 Å². The number of aryl methyl sites for hydroxylation is 3. The van der Waals surface area contributed by atoms with Crippen molar-refractivity contribution in [3.05, 3.63) is 47.5 Å². The second-order valence-corrected chi connectivity index (χ2v) is 9.98. The molecule has 3 aromatic rings. The van der Waals surface area contributed by atoms with E-state index in [0.717, 1.165) is 36.1 Å². The molecule has 0 aliphatic carbocycles. The summed E-state index contributed by atoms with van der Waals surface area (Å²) in [4.78, 5) is 12.6. The van der Waals surface area contributed by atoms with E-state index < -0.39 is 10.0 Å². The van der Waals surface area contributed by atoms with E-state index in [9.17, 15) is 13.2 Å². The van der Waals surface area contributed by atoms with Gasteiger partial charge < -0.3 is 5.32 Å². The summed E-state index contributed by atoms with van der Waals surface area (Å²) in [7, 11) is -3.52. The Labute approximate surface area is 182 Å². The van der Waals surface area contributed by atoms with E-state index in [-0.39, 0.29) is 17.2 Å². The number of sulfonamides is 1. The molecule has 2 aromatic carbocycles. The first-order valence-electron chi connectivity index (χ1n) is 10.5. The summed E-state index contributed by atoms with van der Waals surface area (Å²) < 4.78 is 29.0. The van der Waals surface area contributed by atoms with Crippen LogP contribution in [0.5, 0.6) is 0 Å². The van der Waals surface area contributed by atoms with Gasteiger partial charge in [0.15, 0.2) is 0 Å². The first kappa shape index (κ1) is 21.5. The van der Waals surface area contributed by atoms with Gasteiger partial charge in [0, 0.05) is 25.2 Å². The molecule has 1 aromatic heterocycles. The fourth-order valence-electron chi connectivity index (χ4n) is 3.82. The predicted molar refractivity (Wildman–Crippen MR) is 119 cm³/mol. The normalized spacial score (nSPS) is 15.3. The van der Waals surface area contributed by atoms with Gasteiger partial charge in [-0.25, -0.2) is 13.1 Å². The molecule has 1 N–H and O–H groups in total. The number of hydrogen-bond acceptors (Lipinski definition) is 5. The Balaban J connectivity index is 1.46. The molecule has 31 heavy (non-hydrogen) atoms. The van der Waals surface area contributed by atoms with Gasteiger partial charge in [-0.2, -0.15) is 4.31 Å². The molecule has 0 saturated carbocycles. The largest absolute Gasteiger partial charge is 0.326 e. The van der Waals surface area contributed by atoms with Crippen LogP contribution in [0.2, 0.25) is 0 Å². The summed E-state index contributed by atoms with van der Waals surface area (Å²) in [5.41, 5.74) is 4.11. The van der Waals surface area contributed by atoms with Gasteiger partial charge in [0.2, 0.25) is 15.9 Å². The maximum atomic E-state index is 12.9. The number of anilines is 1. The van der Waals surface area contributed by atoms with Crippen molar-refractivity contribution in [2.45, 2.75) is 51.0 Å². The Kier molecular flexibility index (Phi) is 6.06.